The Balaban J connectivity index is 3.01. The van der Waals surface area contributed by atoms with Crippen LogP contribution in [0.1, 0.15) is 20.7 Å². The Hall–Kier alpha value is -2.76. The van der Waals surface area contributed by atoms with Crippen molar-refractivity contribution in [2.75, 3.05) is 0 Å². The van der Waals surface area contributed by atoms with E-state index in [4.69, 9.17) is 10.2 Å². The van der Waals surface area contributed by atoms with Crippen LogP contribution in [0.3, 0.4) is 0 Å². The van der Waals surface area contributed by atoms with Crippen molar-refractivity contribution >= 4 is 22.7 Å². The van der Waals surface area contributed by atoms with E-state index < -0.39 is 28.8 Å². The second-order valence-corrected chi connectivity index (χ2v) is 3.66. The maximum Gasteiger partial charge on any atom is 0.340 e. The maximum absolute atomic E-state index is 11.1. The molecule has 0 saturated carbocycles. The molecule has 0 atom stereocenters. The van der Waals surface area contributed by atoms with Gasteiger partial charge in [0.2, 0.25) is 0 Å². The van der Waals surface area contributed by atoms with Crippen LogP contribution in [0.2, 0.25) is 0 Å². The lowest BCUT2D eigenvalue weighted by Crippen LogP contribution is -2.09. The number of phenols is 2. The summed E-state index contributed by atoms with van der Waals surface area (Å²) < 4.78 is 0. The van der Waals surface area contributed by atoms with Gasteiger partial charge in [-0.25, -0.2) is 9.59 Å². The average Bonchev–Trinajstić information content (AvgIpc) is 2.27. The van der Waals surface area contributed by atoms with E-state index in [1.165, 1.54) is 12.1 Å². The Morgan fingerprint density at radius 1 is 0.889 bits per heavy atom. The van der Waals surface area contributed by atoms with Gasteiger partial charge in [-0.15, -0.1) is 0 Å². The summed E-state index contributed by atoms with van der Waals surface area (Å²) in [6, 6.07) is 4.99. The number of rotatable bonds is 2. The number of hydrogen-bond acceptors (Lipinski definition) is 4. The Morgan fingerprint density at radius 3 is 2.06 bits per heavy atom. The third-order valence-corrected chi connectivity index (χ3v) is 2.53. The fourth-order valence-electron chi connectivity index (χ4n) is 1.81. The molecule has 2 rings (SSSR count). The lowest BCUT2D eigenvalue weighted by molar-refractivity contribution is 0.0650. The van der Waals surface area contributed by atoms with Crippen molar-refractivity contribution < 1.29 is 30.0 Å². The average molecular weight is 248 g/mol. The first kappa shape index (κ1) is 11.7. The van der Waals surface area contributed by atoms with Crippen molar-refractivity contribution in [2.24, 2.45) is 0 Å². The summed E-state index contributed by atoms with van der Waals surface area (Å²) in [5, 5.41) is 37.3. The molecule has 92 valence electrons. The lowest BCUT2D eigenvalue weighted by Gasteiger charge is -2.09. The molecule has 18 heavy (non-hydrogen) atoms. The molecule has 0 saturated heterocycles. The number of fused-ring (bicyclic) bond motifs is 1. The predicted molar refractivity (Wildman–Crippen MR) is 61.2 cm³/mol. The highest BCUT2D eigenvalue weighted by Gasteiger charge is 2.23. The highest BCUT2D eigenvalue weighted by atomic mass is 16.4. The van der Waals surface area contributed by atoms with Crippen LogP contribution in [0.15, 0.2) is 24.3 Å². The zero-order valence-corrected chi connectivity index (χ0v) is 8.91. The maximum atomic E-state index is 11.1. The zero-order valence-electron chi connectivity index (χ0n) is 8.91. The van der Waals surface area contributed by atoms with E-state index >= 15 is 0 Å². The Morgan fingerprint density at radius 2 is 1.50 bits per heavy atom. The lowest BCUT2D eigenvalue weighted by atomic mass is 9.97. The predicted octanol–water partition coefficient (Wildman–Crippen LogP) is 1.65. The van der Waals surface area contributed by atoms with Gasteiger partial charge in [-0.1, -0.05) is 6.07 Å². The second-order valence-electron chi connectivity index (χ2n) is 3.66. The highest BCUT2D eigenvalue weighted by Crippen LogP contribution is 2.32. The van der Waals surface area contributed by atoms with Crippen LogP contribution in [0.4, 0.5) is 0 Å². The minimum absolute atomic E-state index is 0.0534. The third kappa shape index (κ3) is 1.69. The monoisotopic (exact) mass is 248 g/mol. The fraction of sp³-hybridized carbons (Fsp3) is 0. The number of benzene rings is 2. The molecule has 0 fully saturated rings. The molecule has 2 aromatic rings. The number of carboxylic acid groups (broad SMARTS) is 2. The fourth-order valence-corrected chi connectivity index (χ4v) is 1.81. The third-order valence-electron chi connectivity index (χ3n) is 2.53. The molecule has 6 nitrogen and oxygen atoms in total. The molecular formula is C12H8O6. The van der Waals surface area contributed by atoms with Gasteiger partial charge in [0.25, 0.3) is 0 Å². The van der Waals surface area contributed by atoms with Crippen LogP contribution in [0.25, 0.3) is 10.8 Å². The van der Waals surface area contributed by atoms with Crippen LogP contribution in [-0.2, 0) is 0 Å². The molecule has 0 heterocycles. The first-order chi connectivity index (χ1) is 8.41. The van der Waals surface area contributed by atoms with Gasteiger partial charge in [0.15, 0.2) is 0 Å². The largest absolute Gasteiger partial charge is 0.508 e. The Kier molecular flexibility index (Phi) is 2.55. The van der Waals surface area contributed by atoms with Crippen LogP contribution >= 0.6 is 0 Å². The summed E-state index contributed by atoms with van der Waals surface area (Å²) in [6.07, 6.45) is 0. The van der Waals surface area contributed by atoms with Gasteiger partial charge in [-0.2, -0.15) is 0 Å². The number of aromatic carboxylic acids is 2. The van der Waals surface area contributed by atoms with E-state index in [-0.39, 0.29) is 11.1 Å². The van der Waals surface area contributed by atoms with Crippen LogP contribution in [-0.4, -0.2) is 32.4 Å². The first-order valence-electron chi connectivity index (χ1n) is 4.87. The summed E-state index contributed by atoms with van der Waals surface area (Å²) in [6.45, 7) is 0. The molecule has 0 unspecified atom stereocenters. The SMILES string of the molecule is O=C(O)c1c(O)cc2ccc(O)cc2c1C(=O)O. The van der Waals surface area contributed by atoms with Crippen molar-refractivity contribution in [1.82, 2.24) is 0 Å². The topological polar surface area (TPSA) is 115 Å². The molecule has 0 aliphatic carbocycles. The van der Waals surface area contributed by atoms with Crippen molar-refractivity contribution in [3.05, 3.63) is 35.4 Å². The van der Waals surface area contributed by atoms with Crippen molar-refractivity contribution in [3.63, 3.8) is 0 Å². The quantitative estimate of drug-likeness (QED) is 0.642. The van der Waals surface area contributed by atoms with Gasteiger partial charge in [0, 0.05) is 5.39 Å². The normalized spacial score (nSPS) is 10.4. The number of hydrogen-bond donors (Lipinski definition) is 4. The van der Waals surface area contributed by atoms with Crippen LogP contribution < -0.4 is 0 Å². The smallest absolute Gasteiger partial charge is 0.340 e. The molecule has 6 heteroatoms. The van der Waals surface area contributed by atoms with Gasteiger partial charge in [-0.3, -0.25) is 0 Å². The number of carboxylic acids is 2. The van der Waals surface area contributed by atoms with Gasteiger partial charge in [-0.05, 0) is 23.6 Å². The van der Waals surface area contributed by atoms with Gasteiger partial charge in [0.1, 0.15) is 17.1 Å². The molecule has 0 amide bonds. The molecule has 4 N–H and O–H groups in total. The van der Waals surface area contributed by atoms with Crippen molar-refractivity contribution in [3.8, 4) is 11.5 Å². The summed E-state index contributed by atoms with van der Waals surface area (Å²) in [4.78, 5) is 22.1. The minimum atomic E-state index is -1.55. The van der Waals surface area contributed by atoms with Gasteiger partial charge >= 0.3 is 11.9 Å². The molecule has 0 bridgehead atoms. The molecular weight excluding hydrogens is 240 g/mol. The van der Waals surface area contributed by atoms with E-state index in [1.54, 1.807) is 0 Å². The van der Waals surface area contributed by atoms with E-state index in [0.717, 1.165) is 12.1 Å². The van der Waals surface area contributed by atoms with Gasteiger partial charge in [0.05, 0.1) is 5.56 Å². The van der Waals surface area contributed by atoms with E-state index in [2.05, 4.69) is 0 Å². The molecule has 0 radical (unpaired) electrons. The molecule has 0 spiro atoms. The van der Waals surface area contributed by atoms with E-state index in [9.17, 15) is 19.8 Å². The molecule has 0 aliphatic heterocycles. The summed E-state index contributed by atoms with van der Waals surface area (Å²) in [7, 11) is 0. The highest BCUT2D eigenvalue weighted by molar-refractivity contribution is 6.13. The standard InChI is InChI=1S/C12H8O6/c13-6-2-1-5-3-8(14)10(12(17)18)9(11(15)16)7(5)4-6/h1-4,13-14H,(H,15,16)(H,17,18). The molecule has 2 aromatic carbocycles. The number of carbonyl (C=O) groups is 2. The van der Waals surface area contributed by atoms with Crippen molar-refractivity contribution in [2.45, 2.75) is 0 Å². The number of aromatic hydroxyl groups is 2. The first-order valence-corrected chi connectivity index (χ1v) is 4.87. The van der Waals surface area contributed by atoms with E-state index in [0.29, 0.717) is 5.39 Å². The summed E-state index contributed by atoms with van der Waals surface area (Å²) in [5.41, 5.74) is -1.24. The van der Waals surface area contributed by atoms with E-state index in [1.807, 2.05) is 0 Å². The molecule has 0 aromatic heterocycles. The summed E-state index contributed by atoms with van der Waals surface area (Å²) >= 11 is 0. The summed E-state index contributed by atoms with van der Waals surface area (Å²) in [5.74, 6) is -3.85. The minimum Gasteiger partial charge on any atom is -0.508 e. The second kappa shape index (κ2) is 3.92. The Bertz CT molecular complexity index is 674. The van der Waals surface area contributed by atoms with Gasteiger partial charge < -0.3 is 20.4 Å². The zero-order chi connectivity index (χ0) is 13.4. The number of phenolic OH excluding ortho intramolecular Hbond substituents is 1. The Labute approximate surface area is 100 Å². The molecule has 0 aliphatic rings. The van der Waals surface area contributed by atoms with Crippen molar-refractivity contribution in [1.29, 1.82) is 0 Å². The van der Waals surface area contributed by atoms with Crippen LogP contribution in [0, 0.1) is 0 Å². The van der Waals surface area contributed by atoms with Crippen LogP contribution in [0.5, 0.6) is 11.5 Å².